The molecule has 2 rings (SSSR count). The third-order valence-corrected chi connectivity index (χ3v) is 3.20. The highest BCUT2D eigenvalue weighted by Crippen LogP contribution is 2.24. The van der Waals surface area contributed by atoms with Crippen molar-refractivity contribution in [1.82, 2.24) is 4.98 Å². The molecule has 3 heteroatoms. The molecule has 19 heavy (non-hydrogen) atoms. The van der Waals surface area contributed by atoms with Crippen molar-refractivity contribution in [1.29, 1.82) is 0 Å². The second kappa shape index (κ2) is 5.85. The number of rotatable bonds is 4. The molecular weight excluding hydrogens is 234 g/mol. The zero-order valence-electron chi connectivity index (χ0n) is 11.8. The fourth-order valence-corrected chi connectivity index (χ4v) is 2.10. The van der Waals surface area contributed by atoms with Gasteiger partial charge in [-0.3, -0.25) is 0 Å². The standard InChI is InChI=1S/C16H21N3/c1-4-19(15-7-5-6-12(2)10-15)16-9-8-14(11-18-16)13(3)17/h5-11,13H,4,17H2,1-3H3/t13-/m1/s1. The molecule has 2 aromatic rings. The van der Waals surface area contributed by atoms with E-state index in [1.54, 1.807) is 0 Å². The minimum absolute atomic E-state index is 0.0237. The van der Waals surface area contributed by atoms with Crippen molar-refractivity contribution in [2.75, 3.05) is 11.4 Å². The van der Waals surface area contributed by atoms with Crippen LogP contribution < -0.4 is 10.6 Å². The normalized spacial score (nSPS) is 12.2. The summed E-state index contributed by atoms with van der Waals surface area (Å²) in [6, 6.07) is 12.6. The van der Waals surface area contributed by atoms with Gasteiger partial charge in [-0.2, -0.15) is 0 Å². The Labute approximate surface area is 115 Å². The molecule has 1 aromatic carbocycles. The van der Waals surface area contributed by atoms with E-state index >= 15 is 0 Å². The van der Waals surface area contributed by atoms with Gasteiger partial charge in [0, 0.05) is 24.5 Å². The monoisotopic (exact) mass is 255 g/mol. The summed E-state index contributed by atoms with van der Waals surface area (Å²) in [7, 11) is 0. The molecule has 0 saturated heterocycles. The van der Waals surface area contributed by atoms with Gasteiger partial charge in [0.05, 0.1) is 0 Å². The minimum Gasteiger partial charge on any atom is -0.327 e. The van der Waals surface area contributed by atoms with E-state index in [2.05, 4.69) is 48.0 Å². The van der Waals surface area contributed by atoms with Crippen LogP contribution in [0.4, 0.5) is 11.5 Å². The molecule has 0 radical (unpaired) electrons. The highest BCUT2D eigenvalue weighted by molar-refractivity contribution is 5.60. The molecule has 0 bridgehead atoms. The van der Waals surface area contributed by atoms with Gasteiger partial charge in [-0.15, -0.1) is 0 Å². The molecule has 0 saturated carbocycles. The quantitative estimate of drug-likeness (QED) is 0.908. The second-order valence-corrected chi connectivity index (χ2v) is 4.82. The maximum atomic E-state index is 5.85. The van der Waals surface area contributed by atoms with E-state index in [0.29, 0.717) is 0 Å². The summed E-state index contributed by atoms with van der Waals surface area (Å²) in [5.41, 5.74) is 9.33. The van der Waals surface area contributed by atoms with E-state index in [1.807, 2.05) is 25.3 Å². The Hall–Kier alpha value is -1.87. The SMILES string of the molecule is CCN(c1cccc(C)c1)c1ccc([C@@H](C)N)cn1. The highest BCUT2D eigenvalue weighted by atomic mass is 15.2. The molecule has 1 atom stereocenters. The number of aryl methyl sites for hydroxylation is 1. The zero-order chi connectivity index (χ0) is 13.8. The number of aromatic nitrogens is 1. The van der Waals surface area contributed by atoms with Crippen LogP contribution in [0.15, 0.2) is 42.6 Å². The molecular formula is C16H21N3. The summed E-state index contributed by atoms with van der Waals surface area (Å²) in [6.07, 6.45) is 1.86. The van der Waals surface area contributed by atoms with Gasteiger partial charge >= 0.3 is 0 Å². The molecule has 1 aromatic heterocycles. The number of anilines is 2. The lowest BCUT2D eigenvalue weighted by Crippen LogP contribution is -2.17. The van der Waals surface area contributed by atoms with E-state index in [0.717, 1.165) is 17.9 Å². The van der Waals surface area contributed by atoms with Crippen molar-refractivity contribution in [2.45, 2.75) is 26.8 Å². The van der Waals surface area contributed by atoms with Crippen molar-refractivity contribution >= 4 is 11.5 Å². The first-order valence-corrected chi connectivity index (χ1v) is 6.67. The van der Waals surface area contributed by atoms with Crippen LogP contribution >= 0.6 is 0 Å². The lowest BCUT2D eigenvalue weighted by Gasteiger charge is -2.23. The van der Waals surface area contributed by atoms with E-state index in [-0.39, 0.29) is 6.04 Å². The van der Waals surface area contributed by atoms with Gasteiger partial charge in [0.15, 0.2) is 0 Å². The number of pyridine rings is 1. The number of hydrogen-bond acceptors (Lipinski definition) is 3. The summed E-state index contributed by atoms with van der Waals surface area (Å²) in [4.78, 5) is 6.72. The summed E-state index contributed by atoms with van der Waals surface area (Å²) < 4.78 is 0. The molecule has 3 nitrogen and oxygen atoms in total. The summed E-state index contributed by atoms with van der Waals surface area (Å²) in [5.74, 6) is 0.956. The van der Waals surface area contributed by atoms with Crippen LogP contribution in [-0.2, 0) is 0 Å². The van der Waals surface area contributed by atoms with Crippen LogP contribution in [0.25, 0.3) is 0 Å². The summed E-state index contributed by atoms with van der Waals surface area (Å²) in [5, 5.41) is 0. The highest BCUT2D eigenvalue weighted by Gasteiger charge is 2.09. The average Bonchev–Trinajstić information content (AvgIpc) is 2.40. The first-order valence-electron chi connectivity index (χ1n) is 6.67. The first-order chi connectivity index (χ1) is 9.11. The molecule has 0 aliphatic rings. The Morgan fingerprint density at radius 2 is 2.05 bits per heavy atom. The fraction of sp³-hybridized carbons (Fsp3) is 0.312. The molecule has 0 aliphatic carbocycles. The van der Waals surface area contributed by atoms with Crippen LogP contribution in [0.1, 0.15) is 31.0 Å². The van der Waals surface area contributed by atoms with Gasteiger partial charge in [0.2, 0.25) is 0 Å². The van der Waals surface area contributed by atoms with Crippen LogP contribution in [0.2, 0.25) is 0 Å². The van der Waals surface area contributed by atoms with Crippen molar-refractivity contribution in [3.05, 3.63) is 53.7 Å². The minimum atomic E-state index is 0.0237. The van der Waals surface area contributed by atoms with Crippen molar-refractivity contribution in [2.24, 2.45) is 5.73 Å². The molecule has 0 aliphatic heterocycles. The van der Waals surface area contributed by atoms with Crippen LogP contribution in [0, 0.1) is 6.92 Å². The number of nitrogens with two attached hydrogens (primary N) is 1. The van der Waals surface area contributed by atoms with Crippen molar-refractivity contribution in [3.63, 3.8) is 0 Å². The van der Waals surface area contributed by atoms with Gasteiger partial charge in [0.1, 0.15) is 5.82 Å². The molecule has 0 fully saturated rings. The van der Waals surface area contributed by atoms with Gasteiger partial charge in [0.25, 0.3) is 0 Å². The maximum absolute atomic E-state index is 5.85. The Bertz CT molecular complexity index is 532. The Morgan fingerprint density at radius 3 is 2.58 bits per heavy atom. The smallest absolute Gasteiger partial charge is 0.132 e. The van der Waals surface area contributed by atoms with E-state index in [4.69, 9.17) is 5.73 Å². The van der Waals surface area contributed by atoms with Gasteiger partial charge in [-0.05, 0) is 50.1 Å². The molecule has 0 unspecified atom stereocenters. The molecule has 0 amide bonds. The fourth-order valence-electron chi connectivity index (χ4n) is 2.10. The zero-order valence-corrected chi connectivity index (χ0v) is 11.8. The Morgan fingerprint density at radius 1 is 1.26 bits per heavy atom. The predicted molar refractivity (Wildman–Crippen MR) is 80.7 cm³/mol. The van der Waals surface area contributed by atoms with E-state index < -0.39 is 0 Å². The summed E-state index contributed by atoms with van der Waals surface area (Å²) in [6.45, 7) is 7.08. The Kier molecular flexibility index (Phi) is 4.17. The van der Waals surface area contributed by atoms with Gasteiger partial charge in [-0.25, -0.2) is 4.98 Å². The largest absolute Gasteiger partial charge is 0.327 e. The maximum Gasteiger partial charge on any atom is 0.132 e. The van der Waals surface area contributed by atoms with Crippen LogP contribution in [-0.4, -0.2) is 11.5 Å². The van der Waals surface area contributed by atoms with Crippen LogP contribution in [0.3, 0.4) is 0 Å². The number of benzene rings is 1. The lowest BCUT2D eigenvalue weighted by atomic mass is 10.1. The average molecular weight is 255 g/mol. The lowest BCUT2D eigenvalue weighted by molar-refractivity contribution is 0.810. The van der Waals surface area contributed by atoms with Gasteiger partial charge < -0.3 is 10.6 Å². The van der Waals surface area contributed by atoms with Crippen molar-refractivity contribution in [3.8, 4) is 0 Å². The number of nitrogens with zero attached hydrogens (tertiary/aromatic N) is 2. The molecule has 0 spiro atoms. The predicted octanol–water partition coefficient (Wildman–Crippen LogP) is 3.57. The molecule has 1 heterocycles. The summed E-state index contributed by atoms with van der Waals surface area (Å²) >= 11 is 0. The Balaban J connectivity index is 2.31. The third-order valence-electron chi connectivity index (χ3n) is 3.20. The van der Waals surface area contributed by atoms with Crippen LogP contribution in [0.5, 0.6) is 0 Å². The van der Waals surface area contributed by atoms with Crippen molar-refractivity contribution < 1.29 is 0 Å². The third kappa shape index (κ3) is 3.12. The second-order valence-electron chi connectivity index (χ2n) is 4.82. The van der Waals surface area contributed by atoms with Gasteiger partial charge in [-0.1, -0.05) is 18.2 Å². The molecule has 2 N–H and O–H groups in total. The molecule has 100 valence electrons. The van der Waals surface area contributed by atoms with E-state index in [9.17, 15) is 0 Å². The topological polar surface area (TPSA) is 42.1 Å². The number of hydrogen-bond donors (Lipinski definition) is 1. The van der Waals surface area contributed by atoms with E-state index in [1.165, 1.54) is 11.3 Å². The first kappa shape index (κ1) is 13.6.